The zero-order chi connectivity index (χ0) is 20.8. The minimum Gasteiger partial charge on any atom is -0.390 e. The number of benzene rings is 3. The van der Waals surface area contributed by atoms with E-state index in [1.165, 1.54) is 0 Å². The van der Waals surface area contributed by atoms with Gasteiger partial charge in [-0.15, -0.1) is 0 Å². The molecule has 0 amide bonds. The number of hydrogen-bond donors (Lipinski definition) is 1. The van der Waals surface area contributed by atoms with E-state index in [-0.39, 0.29) is 6.10 Å². The molecule has 30 heavy (non-hydrogen) atoms. The molecule has 1 heterocycles. The molecule has 0 bridgehead atoms. The van der Waals surface area contributed by atoms with Gasteiger partial charge in [0, 0.05) is 31.1 Å². The molecule has 1 aliphatic heterocycles. The van der Waals surface area contributed by atoms with Crippen LogP contribution in [0.3, 0.4) is 0 Å². The van der Waals surface area contributed by atoms with Gasteiger partial charge in [0.05, 0.1) is 11.8 Å². The van der Waals surface area contributed by atoms with Gasteiger partial charge >= 0.3 is 0 Å². The fourth-order valence-electron chi connectivity index (χ4n) is 3.74. The lowest BCUT2D eigenvalue weighted by Gasteiger charge is -2.27. The van der Waals surface area contributed by atoms with Crippen molar-refractivity contribution in [2.24, 2.45) is 5.16 Å². The van der Waals surface area contributed by atoms with Crippen molar-refractivity contribution < 1.29 is 9.94 Å². The molecule has 4 rings (SSSR count). The van der Waals surface area contributed by atoms with Crippen molar-refractivity contribution in [1.29, 1.82) is 0 Å². The molecule has 2 atom stereocenters. The Hall–Kier alpha value is -2.66. The molecule has 5 heteroatoms. The van der Waals surface area contributed by atoms with Crippen LogP contribution in [0.4, 0.5) is 0 Å². The van der Waals surface area contributed by atoms with Gasteiger partial charge in [-0.3, -0.25) is 4.90 Å². The lowest BCUT2D eigenvalue weighted by Crippen LogP contribution is -2.35. The Morgan fingerprint density at radius 2 is 1.73 bits per heavy atom. The minimum absolute atomic E-state index is 0.0534. The highest BCUT2D eigenvalue weighted by Gasteiger charge is 2.26. The van der Waals surface area contributed by atoms with E-state index in [4.69, 9.17) is 16.4 Å². The number of hydrogen-bond acceptors (Lipinski definition) is 4. The second-order valence-corrected chi connectivity index (χ2v) is 8.02. The Kier molecular flexibility index (Phi) is 6.80. The summed E-state index contributed by atoms with van der Waals surface area (Å²) in [5, 5.41) is 15.8. The predicted molar refractivity (Wildman–Crippen MR) is 121 cm³/mol. The first-order valence-corrected chi connectivity index (χ1v) is 10.5. The first kappa shape index (κ1) is 20.6. The van der Waals surface area contributed by atoms with E-state index in [0.29, 0.717) is 24.7 Å². The number of nitrogens with zero attached hydrogens (tertiary/aromatic N) is 2. The Morgan fingerprint density at radius 1 is 1.00 bits per heavy atom. The molecule has 3 aromatic rings. The molecule has 4 nitrogen and oxygen atoms in total. The van der Waals surface area contributed by atoms with E-state index in [0.717, 1.165) is 28.8 Å². The Labute approximate surface area is 182 Å². The maximum atomic E-state index is 10.8. The smallest absolute Gasteiger partial charge is 0.145 e. The van der Waals surface area contributed by atoms with Gasteiger partial charge in [0.15, 0.2) is 0 Å². The van der Waals surface area contributed by atoms with E-state index in [2.05, 4.69) is 16.1 Å². The van der Waals surface area contributed by atoms with Gasteiger partial charge in [-0.1, -0.05) is 89.6 Å². The molecule has 1 N–H and O–H groups in total. The third-order valence-electron chi connectivity index (χ3n) is 5.21. The van der Waals surface area contributed by atoms with Crippen LogP contribution in [0, 0.1) is 0 Å². The fourth-order valence-corrected chi connectivity index (χ4v) is 3.95. The van der Waals surface area contributed by atoms with Gasteiger partial charge in [-0.25, -0.2) is 0 Å². The molecule has 154 valence electrons. The summed E-state index contributed by atoms with van der Waals surface area (Å²) in [4.78, 5) is 7.94. The van der Waals surface area contributed by atoms with Crippen molar-refractivity contribution in [3.63, 3.8) is 0 Å². The van der Waals surface area contributed by atoms with Crippen LogP contribution in [0.15, 0.2) is 90.1 Å². The van der Waals surface area contributed by atoms with Crippen LogP contribution in [-0.4, -0.2) is 34.9 Å². The summed E-state index contributed by atoms with van der Waals surface area (Å²) in [7, 11) is 0. The predicted octanol–water partition coefficient (Wildman–Crippen LogP) is 5.07. The molecule has 0 spiro atoms. The van der Waals surface area contributed by atoms with Gasteiger partial charge in [-0.05, 0) is 28.8 Å². The first-order valence-electron chi connectivity index (χ1n) is 10.2. The summed E-state index contributed by atoms with van der Waals surface area (Å²) in [5.41, 5.74) is 4.06. The molecule has 0 fully saturated rings. The van der Waals surface area contributed by atoms with Crippen molar-refractivity contribution in [3.8, 4) is 0 Å². The average molecular weight is 421 g/mol. The van der Waals surface area contributed by atoms with Crippen LogP contribution in [0.2, 0.25) is 5.02 Å². The topological polar surface area (TPSA) is 45.1 Å². The zero-order valence-electron chi connectivity index (χ0n) is 16.7. The summed E-state index contributed by atoms with van der Waals surface area (Å²) in [5.74, 6) is 0. The molecular formula is C25H25ClN2O2. The third kappa shape index (κ3) is 5.48. The molecule has 0 aromatic heterocycles. The summed E-state index contributed by atoms with van der Waals surface area (Å²) in [6, 6.07) is 27.7. The second kappa shape index (κ2) is 9.90. The summed E-state index contributed by atoms with van der Waals surface area (Å²) in [6.45, 7) is 1.83. The van der Waals surface area contributed by atoms with Crippen LogP contribution in [0.5, 0.6) is 0 Å². The van der Waals surface area contributed by atoms with Gasteiger partial charge in [0.25, 0.3) is 0 Å². The van der Waals surface area contributed by atoms with Crippen LogP contribution in [0.1, 0.15) is 29.2 Å². The lowest BCUT2D eigenvalue weighted by molar-refractivity contribution is 0.0318. The van der Waals surface area contributed by atoms with Crippen LogP contribution in [0.25, 0.3) is 0 Å². The highest BCUT2D eigenvalue weighted by Crippen LogP contribution is 2.22. The van der Waals surface area contributed by atoms with Crippen LogP contribution >= 0.6 is 11.6 Å². The van der Waals surface area contributed by atoms with Crippen molar-refractivity contribution in [2.45, 2.75) is 25.2 Å². The Balaban J connectivity index is 1.45. The monoisotopic (exact) mass is 420 g/mol. The largest absolute Gasteiger partial charge is 0.390 e. The minimum atomic E-state index is -0.582. The highest BCUT2D eigenvalue weighted by molar-refractivity contribution is 6.30. The standard InChI is InChI=1S/C25H25ClN2O2/c26-22-13-7-8-19(14-22)16-28(18-25(29)21-11-5-2-6-12-21)17-23-15-24(27-30-23)20-9-3-1-4-10-20/h1-14,23,25,29H,15-18H2/t23-,25-/m1/s1. The molecular weight excluding hydrogens is 396 g/mol. The van der Waals surface area contributed by atoms with Gasteiger partial charge in [0.2, 0.25) is 0 Å². The zero-order valence-corrected chi connectivity index (χ0v) is 17.4. The summed E-state index contributed by atoms with van der Waals surface area (Å²) >= 11 is 6.18. The number of halogens is 1. The molecule has 1 aliphatic rings. The van der Waals surface area contributed by atoms with Crippen LogP contribution < -0.4 is 0 Å². The molecule has 0 aliphatic carbocycles. The molecule has 3 aromatic carbocycles. The van der Waals surface area contributed by atoms with Gasteiger partial charge in [0.1, 0.15) is 6.10 Å². The second-order valence-electron chi connectivity index (χ2n) is 7.59. The molecule has 0 radical (unpaired) electrons. The van der Waals surface area contributed by atoms with E-state index in [1.54, 1.807) is 0 Å². The van der Waals surface area contributed by atoms with Crippen LogP contribution in [-0.2, 0) is 11.4 Å². The van der Waals surface area contributed by atoms with Crippen molar-refractivity contribution in [3.05, 3.63) is 107 Å². The van der Waals surface area contributed by atoms with E-state index in [9.17, 15) is 5.11 Å². The third-order valence-corrected chi connectivity index (χ3v) is 5.45. The van der Waals surface area contributed by atoms with E-state index < -0.39 is 6.10 Å². The van der Waals surface area contributed by atoms with Crippen molar-refractivity contribution in [2.75, 3.05) is 13.1 Å². The number of aliphatic hydroxyl groups excluding tert-OH is 1. The van der Waals surface area contributed by atoms with Gasteiger partial charge < -0.3 is 9.94 Å². The van der Waals surface area contributed by atoms with E-state index >= 15 is 0 Å². The maximum absolute atomic E-state index is 10.8. The van der Waals surface area contributed by atoms with E-state index in [1.807, 2.05) is 78.9 Å². The summed E-state index contributed by atoms with van der Waals surface area (Å²) in [6.07, 6.45) is 0.112. The average Bonchev–Trinajstić information content (AvgIpc) is 3.23. The molecule has 0 saturated carbocycles. The first-order chi connectivity index (χ1) is 14.7. The lowest BCUT2D eigenvalue weighted by atomic mass is 10.0. The van der Waals surface area contributed by atoms with Gasteiger partial charge in [-0.2, -0.15) is 0 Å². The number of oxime groups is 1. The SMILES string of the molecule is O[C@H](CN(Cc1cccc(Cl)c1)C[C@H]1CC(c2ccccc2)=NO1)c1ccccc1. The molecule has 0 unspecified atom stereocenters. The van der Waals surface area contributed by atoms with Crippen molar-refractivity contribution in [1.82, 2.24) is 4.90 Å². The fraction of sp³-hybridized carbons (Fsp3) is 0.240. The normalized spacial score (nSPS) is 16.9. The highest BCUT2D eigenvalue weighted by atomic mass is 35.5. The number of aliphatic hydroxyl groups is 1. The summed E-state index contributed by atoms with van der Waals surface area (Å²) < 4.78 is 0. The number of rotatable bonds is 8. The molecule has 0 saturated heterocycles. The van der Waals surface area contributed by atoms with Crippen molar-refractivity contribution >= 4 is 17.3 Å². The quantitative estimate of drug-likeness (QED) is 0.553. The maximum Gasteiger partial charge on any atom is 0.145 e. The Morgan fingerprint density at radius 3 is 2.47 bits per heavy atom. The Bertz CT molecular complexity index is 979.